The fourth-order valence-corrected chi connectivity index (χ4v) is 11.2. The fraction of sp³-hybridized carbons (Fsp3) is 0.106. The number of halogens is 8. The zero-order valence-corrected chi connectivity index (χ0v) is 37.4. The van der Waals surface area contributed by atoms with Gasteiger partial charge in [0, 0.05) is 91.5 Å². The standard InChI is InChI=1S/C47H29Cl8N5/c1-60-20-22-23(21-60)47-45(41-30(54)12-5-13-31(41)55)37-19-17-35(58-37)43(39-26(50)8-3-9-27(39)51)33-15-14-32(56-33)42(38-24(48)6-2-7-25(38)49)34-16-18-36(57-34)44(46(22)59-47)40-28(52)10-4-11-29(40)53/h2-19,22-23,57-58H,20-21H2,1H3. The van der Waals surface area contributed by atoms with E-state index >= 15 is 0 Å². The first-order chi connectivity index (χ1) is 29.0. The van der Waals surface area contributed by atoms with E-state index in [1.54, 1.807) is 0 Å². The van der Waals surface area contributed by atoms with Crippen LogP contribution >= 0.6 is 92.8 Å². The van der Waals surface area contributed by atoms with E-state index in [4.69, 9.17) is 103 Å². The van der Waals surface area contributed by atoms with Crippen LogP contribution in [0, 0.1) is 0 Å². The van der Waals surface area contributed by atoms with Crippen molar-refractivity contribution in [3.05, 3.63) is 160 Å². The van der Waals surface area contributed by atoms with E-state index in [-0.39, 0.29) is 11.8 Å². The van der Waals surface area contributed by atoms with Gasteiger partial charge >= 0.3 is 0 Å². The molecule has 7 aromatic rings. The van der Waals surface area contributed by atoms with Gasteiger partial charge in [0.25, 0.3) is 0 Å². The smallest absolute Gasteiger partial charge is 0.0738 e. The molecule has 5 nitrogen and oxygen atoms in total. The molecule has 0 saturated carbocycles. The summed E-state index contributed by atoms with van der Waals surface area (Å²) in [5.74, 6) is -0.130. The number of H-pyrrole nitrogens is 2. The summed E-state index contributed by atoms with van der Waals surface area (Å²) in [5.41, 5.74) is 11.2. The zero-order valence-electron chi connectivity index (χ0n) is 31.3. The lowest BCUT2D eigenvalue weighted by atomic mass is 9.87. The summed E-state index contributed by atoms with van der Waals surface area (Å²) in [6.45, 7) is 1.45. The van der Waals surface area contributed by atoms with Gasteiger partial charge in [0.2, 0.25) is 0 Å². The summed E-state index contributed by atoms with van der Waals surface area (Å²) < 4.78 is 0. The summed E-state index contributed by atoms with van der Waals surface area (Å²) in [6, 6.07) is 29.9. The summed E-state index contributed by atoms with van der Waals surface area (Å²) in [5, 5.41) is 3.75. The van der Waals surface area contributed by atoms with E-state index < -0.39 is 0 Å². The highest BCUT2D eigenvalue weighted by Crippen LogP contribution is 2.53. The topological polar surface area (TPSA) is 60.6 Å². The van der Waals surface area contributed by atoms with Gasteiger partial charge in [-0.1, -0.05) is 117 Å². The number of hydrogen-bond acceptors (Lipinski definition) is 3. The van der Waals surface area contributed by atoms with Gasteiger partial charge in [-0.25, -0.2) is 4.98 Å². The van der Waals surface area contributed by atoms with E-state index in [2.05, 4.69) is 21.9 Å². The molecule has 3 aliphatic rings. The summed E-state index contributed by atoms with van der Waals surface area (Å²) in [6.07, 6.45) is 3.88. The number of hydrogen-bond donors (Lipinski definition) is 2. The summed E-state index contributed by atoms with van der Waals surface area (Å²) >= 11 is 56.6. The van der Waals surface area contributed by atoms with Crippen molar-refractivity contribution in [2.24, 2.45) is 0 Å². The van der Waals surface area contributed by atoms with Gasteiger partial charge in [0.05, 0.1) is 63.0 Å². The van der Waals surface area contributed by atoms with Crippen LogP contribution in [0.2, 0.25) is 40.2 Å². The predicted molar refractivity (Wildman–Crippen MR) is 255 cm³/mol. The van der Waals surface area contributed by atoms with Crippen LogP contribution in [0.4, 0.5) is 0 Å². The quantitative estimate of drug-likeness (QED) is 0.185. The number of aromatic amines is 2. The van der Waals surface area contributed by atoms with Crippen LogP contribution in [0.1, 0.15) is 34.6 Å². The van der Waals surface area contributed by atoms with Gasteiger partial charge < -0.3 is 14.9 Å². The van der Waals surface area contributed by atoms with E-state index in [1.165, 1.54) is 0 Å². The molecule has 3 aliphatic heterocycles. The average molecular weight is 947 g/mol. The lowest BCUT2D eigenvalue weighted by Gasteiger charge is -2.15. The Hall–Kier alpha value is -3.98. The van der Waals surface area contributed by atoms with Gasteiger partial charge in [0.15, 0.2) is 0 Å². The Bertz CT molecular complexity index is 2870. The third kappa shape index (κ3) is 6.66. The number of nitrogens with zero attached hydrogens (tertiary/aromatic N) is 3. The van der Waals surface area contributed by atoms with Crippen LogP contribution in [-0.4, -0.2) is 45.0 Å². The second-order valence-corrected chi connectivity index (χ2v) is 18.2. The lowest BCUT2D eigenvalue weighted by molar-refractivity contribution is 0.404. The predicted octanol–water partition coefficient (Wildman–Crippen LogP) is 16.2. The molecule has 0 spiro atoms. The van der Waals surface area contributed by atoms with Crippen LogP contribution in [0.3, 0.4) is 0 Å². The number of benzene rings is 4. The normalized spacial score (nSPS) is 16.1. The molecular weight excluding hydrogens is 918 g/mol. The van der Waals surface area contributed by atoms with E-state index in [0.29, 0.717) is 96.0 Å². The van der Waals surface area contributed by atoms with E-state index in [0.717, 1.165) is 46.6 Å². The second-order valence-electron chi connectivity index (χ2n) is 15.0. The van der Waals surface area contributed by atoms with E-state index in [9.17, 15) is 0 Å². The highest BCUT2D eigenvalue weighted by atomic mass is 35.5. The van der Waals surface area contributed by atoms with E-state index in [1.807, 2.05) is 109 Å². The van der Waals surface area contributed by atoms with Crippen LogP contribution in [0.15, 0.2) is 97.1 Å². The molecule has 3 aromatic heterocycles. The molecule has 13 heteroatoms. The molecule has 10 rings (SSSR count). The molecule has 4 aromatic carbocycles. The first kappa shape index (κ1) is 40.1. The Balaban J connectivity index is 1.48. The minimum absolute atomic E-state index is 0.0649. The largest absolute Gasteiger partial charge is 0.354 e. The maximum absolute atomic E-state index is 7.13. The molecule has 2 N–H and O–H groups in total. The maximum Gasteiger partial charge on any atom is 0.0738 e. The fourth-order valence-electron chi connectivity index (χ4n) is 8.90. The third-order valence-corrected chi connectivity index (χ3v) is 13.9. The molecule has 8 bridgehead atoms. The van der Waals surface area contributed by atoms with Gasteiger partial charge in [-0.3, -0.25) is 4.98 Å². The van der Waals surface area contributed by atoms with Crippen molar-refractivity contribution in [3.63, 3.8) is 0 Å². The molecule has 0 radical (unpaired) electrons. The van der Waals surface area contributed by atoms with Crippen molar-refractivity contribution in [1.29, 1.82) is 0 Å². The van der Waals surface area contributed by atoms with Gasteiger partial charge in [-0.15, -0.1) is 0 Å². The second kappa shape index (κ2) is 15.7. The lowest BCUT2D eigenvalue weighted by Crippen LogP contribution is -2.15. The van der Waals surface area contributed by atoms with Crippen LogP contribution < -0.4 is 0 Å². The van der Waals surface area contributed by atoms with Crippen LogP contribution in [-0.2, 0) is 0 Å². The Labute approximate surface area is 385 Å². The Morgan fingerprint density at radius 2 is 0.683 bits per heavy atom. The molecular formula is C47H29Cl8N5. The molecule has 1 saturated heterocycles. The Morgan fingerprint density at radius 1 is 0.400 bits per heavy atom. The first-order valence-electron chi connectivity index (χ1n) is 18.9. The molecule has 298 valence electrons. The molecule has 0 amide bonds. The van der Waals surface area contributed by atoms with Gasteiger partial charge in [-0.05, 0) is 92.0 Å². The number of rotatable bonds is 4. The van der Waals surface area contributed by atoms with Crippen molar-refractivity contribution in [2.75, 3.05) is 20.1 Å². The Kier molecular flexibility index (Phi) is 10.5. The number of likely N-dealkylation sites (N-methyl/N-ethyl adjacent to an activating group) is 1. The van der Waals surface area contributed by atoms with Crippen molar-refractivity contribution in [1.82, 2.24) is 24.8 Å². The van der Waals surface area contributed by atoms with Crippen LogP contribution in [0.25, 0.3) is 78.7 Å². The van der Waals surface area contributed by atoms with Crippen molar-refractivity contribution >= 4 is 127 Å². The number of likely N-dealkylation sites (tertiary alicyclic amines) is 1. The van der Waals surface area contributed by atoms with Crippen molar-refractivity contribution in [3.8, 4) is 44.5 Å². The molecule has 1 fully saturated rings. The molecule has 6 heterocycles. The molecule has 0 aliphatic carbocycles. The Morgan fingerprint density at radius 3 is 1.00 bits per heavy atom. The van der Waals surface area contributed by atoms with Crippen LogP contribution in [0.5, 0.6) is 0 Å². The highest BCUT2D eigenvalue weighted by molar-refractivity contribution is 6.42. The number of aromatic nitrogens is 4. The zero-order chi connectivity index (χ0) is 41.6. The van der Waals surface area contributed by atoms with Gasteiger partial charge in [0.1, 0.15) is 0 Å². The average Bonchev–Trinajstić information content (AvgIpc) is 4.06. The summed E-state index contributed by atoms with van der Waals surface area (Å²) in [7, 11) is 2.12. The third-order valence-electron chi connectivity index (χ3n) is 11.4. The van der Waals surface area contributed by atoms with Gasteiger partial charge in [-0.2, -0.15) is 0 Å². The van der Waals surface area contributed by atoms with Crippen molar-refractivity contribution in [2.45, 2.75) is 11.8 Å². The minimum Gasteiger partial charge on any atom is -0.354 e. The van der Waals surface area contributed by atoms with Crippen molar-refractivity contribution < 1.29 is 0 Å². The number of fused-ring (bicyclic) bond motifs is 11. The molecule has 2 atom stereocenters. The summed E-state index contributed by atoms with van der Waals surface area (Å²) in [4.78, 5) is 20.8. The minimum atomic E-state index is -0.0649. The first-order valence-corrected chi connectivity index (χ1v) is 21.9. The molecule has 60 heavy (non-hydrogen) atoms. The monoisotopic (exact) mass is 943 g/mol. The molecule has 2 unspecified atom stereocenters. The maximum atomic E-state index is 7.13. The highest BCUT2D eigenvalue weighted by Gasteiger charge is 2.43. The number of nitrogens with one attached hydrogen (secondary N) is 2. The SMILES string of the molecule is CN1CC2c3nc(c(-c4c(Cl)cccc4Cl)c4ccc([nH]4)c(-c4c(Cl)cccc4Cl)c4nc(c(-c5c(Cl)cccc5Cl)c5ccc([nH]5)c3-c3c(Cl)cccc3Cl)C=C4)C2C1.